The van der Waals surface area contributed by atoms with E-state index < -0.39 is 0 Å². The maximum Gasteiger partial charge on any atom is 0.282 e. The summed E-state index contributed by atoms with van der Waals surface area (Å²) in [6.45, 7) is 1.98. The maximum absolute atomic E-state index is 13.1. The quantitative estimate of drug-likeness (QED) is 0.566. The number of aromatic hydroxyl groups is 1. The number of benzene rings is 3. The summed E-state index contributed by atoms with van der Waals surface area (Å²) in [6, 6.07) is 21.6. The zero-order valence-electron chi connectivity index (χ0n) is 14.7. The minimum atomic E-state index is -0.228. The lowest BCUT2D eigenvalue weighted by molar-refractivity contribution is 0.475. The Morgan fingerprint density at radius 3 is 2.44 bits per heavy atom. The Labute approximate surface area is 155 Å². The zero-order chi connectivity index (χ0) is 18.8. The highest BCUT2D eigenvalue weighted by atomic mass is 16.3. The third kappa shape index (κ3) is 3.22. The third-order valence-electron chi connectivity index (χ3n) is 4.36. The van der Waals surface area contributed by atoms with Crippen molar-refractivity contribution >= 4 is 17.1 Å². The predicted octanol–water partition coefficient (Wildman–Crippen LogP) is 3.96. The van der Waals surface area contributed by atoms with E-state index in [1.807, 2.05) is 49.4 Å². The van der Waals surface area contributed by atoms with Gasteiger partial charge in [-0.1, -0.05) is 36.4 Å². The molecular formula is C22H17N3O2. The molecule has 5 heteroatoms. The molecule has 1 heterocycles. The number of rotatable bonds is 3. The molecule has 4 rings (SSSR count). The Bertz CT molecular complexity index is 1210. The molecular weight excluding hydrogens is 338 g/mol. The average Bonchev–Trinajstić information content (AvgIpc) is 2.69. The van der Waals surface area contributed by atoms with E-state index in [-0.39, 0.29) is 11.3 Å². The molecule has 0 radical (unpaired) electrons. The summed E-state index contributed by atoms with van der Waals surface area (Å²) in [7, 11) is 0. The van der Waals surface area contributed by atoms with Gasteiger partial charge in [-0.15, -0.1) is 0 Å². The van der Waals surface area contributed by atoms with Gasteiger partial charge in [0.05, 0.1) is 17.1 Å². The van der Waals surface area contributed by atoms with Gasteiger partial charge in [-0.25, -0.2) is 4.98 Å². The van der Waals surface area contributed by atoms with Gasteiger partial charge in [-0.3, -0.25) is 4.79 Å². The summed E-state index contributed by atoms with van der Waals surface area (Å²) in [5.74, 6) is 0.670. The maximum atomic E-state index is 13.1. The fourth-order valence-electron chi connectivity index (χ4n) is 2.91. The van der Waals surface area contributed by atoms with Gasteiger partial charge in [0.15, 0.2) is 5.82 Å². The first kappa shape index (κ1) is 16.7. The second kappa shape index (κ2) is 6.88. The number of hydrogen-bond donors (Lipinski definition) is 1. The SMILES string of the molecule is Cc1ccccc1-c1nc2ccccc2c(=O)n1N=Cc1ccc(O)cc1. The van der Waals surface area contributed by atoms with E-state index in [0.717, 1.165) is 16.7 Å². The van der Waals surface area contributed by atoms with Crippen molar-refractivity contribution in [2.24, 2.45) is 5.10 Å². The van der Waals surface area contributed by atoms with Gasteiger partial charge in [-0.2, -0.15) is 9.78 Å². The molecule has 0 fully saturated rings. The summed E-state index contributed by atoms with van der Waals surface area (Å²) in [5.41, 5.74) is 3.03. The Hall–Kier alpha value is -3.73. The van der Waals surface area contributed by atoms with Crippen LogP contribution in [0.2, 0.25) is 0 Å². The summed E-state index contributed by atoms with van der Waals surface area (Å²) in [4.78, 5) is 17.8. The lowest BCUT2D eigenvalue weighted by Gasteiger charge is -2.11. The van der Waals surface area contributed by atoms with Crippen LogP contribution in [0.1, 0.15) is 11.1 Å². The first-order valence-electron chi connectivity index (χ1n) is 8.55. The number of phenols is 1. The molecule has 27 heavy (non-hydrogen) atoms. The van der Waals surface area contributed by atoms with Crippen molar-refractivity contribution in [3.05, 3.63) is 94.3 Å². The molecule has 0 atom stereocenters. The smallest absolute Gasteiger partial charge is 0.282 e. The summed E-state index contributed by atoms with van der Waals surface area (Å²) in [5, 5.41) is 14.3. The molecule has 0 saturated carbocycles. The molecule has 0 aliphatic carbocycles. The monoisotopic (exact) mass is 355 g/mol. The Balaban J connectivity index is 1.95. The Kier molecular flexibility index (Phi) is 4.26. The van der Waals surface area contributed by atoms with E-state index in [4.69, 9.17) is 4.98 Å². The average molecular weight is 355 g/mol. The Morgan fingerprint density at radius 2 is 1.67 bits per heavy atom. The summed E-state index contributed by atoms with van der Waals surface area (Å²) in [6.07, 6.45) is 1.58. The van der Waals surface area contributed by atoms with Crippen LogP contribution in [0.3, 0.4) is 0 Å². The van der Waals surface area contributed by atoms with Gasteiger partial charge in [0.2, 0.25) is 0 Å². The molecule has 0 bridgehead atoms. The number of para-hydroxylation sites is 1. The molecule has 0 aliphatic rings. The lowest BCUT2D eigenvalue weighted by Crippen LogP contribution is -2.20. The van der Waals surface area contributed by atoms with Crippen LogP contribution in [0.25, 0.3) is 22.3 Å². The first-order chi connectivity index (χ1) is 13.1. The zero-order valence-corrected chi connectivity index (χ0v) is 14.7. The Morgan fingerprint density at radius 1 is 0.963 bits per heavy atom. The normalized spacial score (nSPS) is 11.3. The molecule has 0 saturated heterocycles. The number of aryl methyl sites for hydroxylation is 1. The van der Waals surface area contributed by atoms with Crippen LogP contribution in [0, 0.1) is 6.92 Å². The van der Waals surface area contributed by atoms with Crippen molar-refractivity contribution in [3.8, 4) is 17.1 Å². The van der Waals surface area contributed by atoms with Crippen molar-refractivity contribution in [1.82, 2.24) is 9.66 Å². The van der Waals surface area contributed by atoms with Gasteiger partial charge in [0.25, 0.3) is 5.56 Å². The van der Waals surface area contributed by atoms with Crippen molar-refractivity contribution in [2.75, 3.05) is 0 Å². The van der Waals surface area contributed by atoms with E-state index in [1.54, 1.807) is 36.5 Å². The van der Waals surface area contributed by atoms with Gasteiger partial charge in [0, 0.05) is 5.56 Å². The van der Waals surface area contributed by atoms with Gasteiger partial charge in [0.1, 0.15) is 5.75 Å². The highest BCUT2D eigenvalue weighted by Gasteiger charge is 2.13. The second-order valence-corrected chi connectivity index (χ2v) is 6.22. The molecule has 132 valence electrons. The molecule has 1 aromatic heterocycles. The number of nitrogens with zero attached hydrogens (tertiary/aromatic N) is 3. The third-order valence-corrected chi connectivity index (χ3v) is 4.36. The van der Waals surface area contributed by atoms with Crippen molar-refractivity contribution in [3.63, 3.8) is 0 Å². The van der Waals surface area contributed by atoms with Crippen LogP contribution in [-0.2, 0) is 0 Å². The fourth-order valence-corrected chi connectivity index (χ4v) is 2.91. The van der Waals surface area contributed by atoms with E-state index in [1.165, 1.54) is 4.68 Å². The van der Waals surface area contributed by atoms with Gasteiger partial charge in [-0.05, 0) is 54.4 Å². The van der Waals surface area contributed by atoms with Crippen molar-refractivity contribution < 1.29 is 5.11 Å². The number of fused-ring (bicyclic) bond motifs is 1. The second-order valence-electron chi connectivity index (χ2n) is 6.22. The van der Waals surface area contributed by atoms with E-state index >= 15 is 0 Å². The molecule has 5 nitrogen and oxygen atoms in total. The summed E-state index contributed by atoms with van der Waals surface area (Å²) < 4.78 is 1.33. The highest BCUT2D eigenvalue weighted by Crippen LogP contribution is 2.22. The van der Waals surface area contributed by atoms with E-state index in [9.17, 15) is 9.90 Å². The summed E-state index contributed by atoms with van der Waals surface area (Å²) >= 11 is 0. The van der Waals surface area contributed by atoms with Gasteiger partial charge >= 0.3 is 0 Å². The first-order valence-corrected chi connectivity index (χ1v) is 8.55. The topological polar surface area (TPSA) is 67.5 Å². The molecule has 0 amide bonds. The van der Waals surface area contributed by atoms with Crippen LogP contribution >= 0.6 is 0 Å². The predicted molar refractivity (Wildman–Crippen MR) is 107 cm³/mol. The number of hydrogen-bond acceptors (Lipinski definition) is 4. The van der Waals surface area contributed by atoms with E-state index in [0.29, 0.717) is 16.7 Å². The minimum Gasteiger partial charge on any atom is -0.508 e. The number of phenolic OH excluding ortho intramolecular Hbond substituents is 1. The molecule has 3 aromatic carbocycles. The van der Waals surface area contributed by atoms with Crippen LogP contribution in [0.4, 0.5) is 0 Å². The van der Waals surface area contributed by atoms with Crippen molar-refractivity contribution in [2.45, 2.75) is 6.92 Å². The van der Waals surface area contributed by atoms with Gasteiger partial charge < -0.3 is 5.11 Å². The molecule has 0 aliphatic heterocycles. The minimum absolute atomic E-state index is 0.178. The molecule has 4 aromatic rings. The molecule has 1 N–H and O–H groups in total. The van der Waals surface area contributed by atoms with Crippen LogP contribution in [-0.4, -0.2) is 21.0 Å². The largest absolute Gasteiger partial charge is 0.508 e. The fraction of sp³-hybridized carbons (Fsp3) is 0.0455. The van der Waals surface area contributed by atoms with Crippen LogP contribution in [0.5, 0.6) is 5.75 Å². The standard InChI is InChI=1S/C22H17N3O2/c1-15-6-2-3-7-18(15)21-24-20-9-5-4-8-19(20)22(27)25(21)23-14-16-10-12-17(26)13-11-16/h2-14,26H,1H3. The lowest BCUT2D eigenvalue weighted by atomic mass is 10.1. The van der Waals surface area contributed by atoms with E-state index in [2.05, 4.69) is 5.10 Å². The van der Waals surface area contributed by atoms with Crippen molar-refractivity contribution in [1.29, 1.82) is 0 Å². The number of aromatic nitrogens is 2. The molecule has 0 unspecified atom stereocenters. The molecule has 0 spiro atoms. The highest BCUT2D eigenvalue weighted by molar-refractivity contribution is 5.82. The van der Waals surface area contributed by atoms with Crippen LogP contribution < -0.4 is 5.56 Å². The van der Waals surface area contributed by atoms with Crippen LogP contribution in [0.15, 0.2) is 82.7 Å².